The molecule has 3 heterocycles. The number of nitrogens with one attached hydrogen (secondary N) is 2. The minimum atomic E-state index is -0.673. The number of hydrogen-bond acceptors (Lipinski definition) is 5. The Hall–Kier alpha value is -3.27. The molecule has 0 unspecified atom stereocenters. The molecule has 0 saturated carbocycles. The van der Waals surface area contributed by atoms with Crippen LogP contribution in [0, 0.1) is 11.8 Å². The van der Waals surface area contributed by atoms with E-state index < -0.39 is 11.9 Å². The number of urea groups is 1. The molecule has 3 amide bonds. The maximum absolute atomic E-state index is 14.7. The molecule has 0 radical (unpaired) electrons. The van der Waals surface area contributed by atoms with Gasteiger partial charge in [0.15, 0.2) is 0 Å². The zero-order valence-electron chi connectivity index (χ0n) is 18.1. The Balaban J connectivity index is 1.40. The monoisotopic (exact) mass is 444 g/mol. The van der Waals surface area contributed by atoms with Crippen molar-refractivity contribution in [2.45, 2.75) is 20.0 Å². The van der Waals surface area contributed by atoms with Crippen molar-refractivity contribution >= 4 is 23.3 Å². The van der Waals surface area contributed by atoms with Gasteiger partial charge >= 0.3 is 6.03 Å². The molecule has 1 fully saturated rings. The van der Waals surface area contributed by atoms with Crippen molar-refractivity contribution in [2.24, 2.45) is 0 Å². The van der Waals surface area contributed by atoms with Gasteiger partial charge in [0.05, 0.1) is 17.9 Å². The van der Waals surface area contributed by atoms with Gasteiger partial charge in [0, 0.05) is 51.9 Å². The molecule has 2 aromatic rings. The standard InChI is InChI=1S/C22H26F2N6O2/c1-3-29-13-15-16(23)10-14(11-18(15)27-22(29)32)12-28-6-8-30(9-7-28)19-5-4-17(21(31)25-2)26-20(19)24/h4-5,10-11H,3,6-9,12-13H2,1-2H3,(H,25,31)(H,27,32). The molecule has 10 heteroatoms. The lowest BCUT2D eigenvalue weighted by molar-refractivity contribution is 0.0957. The van der Waals surface area contributed by atoms with E-state index in [0.717, 1.165) is 5.56 Å². The van der Waals surface area contributed by atoms with Gasteiger partial charge in [0.2, 0.25) is 5.95 Å². The van der Waals surface area contributed by atoms with Crippen LogP contribution in [0.2, 0.25) is 0 Å². The zero-order chi connectivity index (χ0) is 22.8. The summed E-state index contributed by atoms with van der Waals surface area (Å²) in [7, 11) is 1.47. The molecule has 0 bridgehead atoms. The molecule has 0 spiro atoms. The third-order valence-electron chi connectivity index (χ3n) is 5.92. The highest BCUT2D eigenvalue weighted by molar-refractivity contribution is 5.93. The molecule has 0 aliphatic carbocycles. The summed E-state index contributed by atoms with van der Waals surface area (Å²) in [6.45, 7) is 5.64. The molecule has 2 aliphatic heterocycles. The molecule has 32 heavy (non-hydrogen) atoms. The summed E-state index contributed by atoms with van der Waals surface area (Å²) in [5, 5.41) is 5.20. The predicted octanol–water partition coefficient (Wildman–Crippen LogP) is 2.41. The molecule has 8 nitrogen and oxygen atoms in total. The summed E-state index contributed by atoms with van der Waals surface area (Å²) in [6, 6.07) is 6.22. The highest BCUT2D eigenvalue weighted by Gasteiger charge is 2.26. The van der Waals surface area contributed by atoms with E-state index in [4.69, 9.17) is 0 Å². The van der Waals surface area contributed by atoms with Crippen molar-refractivity contribution < 1.29 is 18.4 Å². The van der Waals surface area contributed by atoms with Gasteiger partial charge in [-0.15, -0.1) is 0 Å². The van der Waals surface area contributed by atoms with Crippen molar-refractivity contribution in [3.63, 3.8) is 0 Å². The highest BCUT2D eigenvalue weighted by atomic mass is 19.1. The summed E-state index contributed by atoms with van der Waals surface area (Å²) < 4.78 is 29.1. The molecule has 2 aliphatic rings. The SMILES string of the molecule is CCN1Cc2c(F)cc(CN3CCN(c4ccc(C(=O)NC)nc4F)CC3)cc2NC1=O. The van der Waals surface area contributed by atoms with Gasteiger partial charge in [-0.2, -0.15) is 4.39 Å². The van der Waals surface area contributed by atoms with Crippen LogP contribution in [0.5, 0.6) is 0 Å². The van der Waals surface area contributed by atoms with E-state index in [1.54, 1.807) is 11.0 Å². The third-order valence-corrected chi connectivity index (χ3v) is 5.92. The second-order valence-corrected chi connectivity index (χ2v) is 7.90. The molecular formula is C22H26F2N6O2. The predicted molar refractivity (Wildman–Crippen MR) is 117 cm³/mol. The minimum absolute atomic E-state index is 0.0379. The number of anilines is 2. The van der Waals surface area contributed by atoms with Crippen LogP contribution >= 0.6 is 0 Å². The number of aromatic nitrogens is 1. The van der Waals surface area contributed by atoms with E-state index in [1.165, 1.54) is 19.2 Å². The van der Waals surface area contributed by atoms with E-state index in [1.807, 2.05) is 17.9 Å². The lowest BCUT2D eigenvalue weighted by atomic mass is 10.0. The normalized spacial score (nSPS) is 16.6. The highest BCUT2D eigenvalue weighted by Crippen LogP contribution is 2.28. The molecule has 1 aromatic carbocycles. The van der Waals surface area contributed by atoms with E-state index in [2.05, 4.69) is 20.5 Å². The van der Waals surface area contributed by atoms with Crippen LogP contribution in [0.15, 0.2) is 24.3 Å². The lowest BCUT2D eigenvalue weighted by Crippen LogP contribution is -2.46. The fourth-order valence-electron chi connectivity index (χ4n) is 4.09. The number of carbonyl (C=O) groups is 2. The third kappa shape index (κ3) is 4.36. The van der Waals surface area contributed by atoms with E-state index in [0.29, 0.717) is 56.2 Å². The van der Waals surface area contributed by atoms with Crippen molar-refractivity contribution in [1.82, 2.24) is 20.1 Å². The van der Waals surface area contributed by atoms with Crippen LogP contribution in [0.3, 0.4) is 0 Å². The first-order chi connectivity index (χ1) is 15.4. The summed E-state index contributed by atoms with van der Waals surface area (Å²) in [5.41, 5.74) is 2.21. The smallest absolute Gasteiger partial charge is 0.322 e. The number of benzene rings is 1. The Bertz CT molecular complexity index is 1040. The summed E-state index contributed by atoms with van der Waals surface area (Å²) in [4.78, 5) is 33.1. The first kappa shape index (κ1) is 21.9. The number of nitrogens with zero attached hydrogens (tertiary/aromatic N) is 4. The van der Waals surface area contributed by atoms with Crippen LogP contribution in [-0.4, -0.2) is 66.5 Å². The average molecular weight is 444 g/mol. The second-order valence-electron chi connectivity index (χ2n) is 7.90. The Morgan fingerprint density at radius 2 is 1.94 bits per heavy atom. The molecule has 2 N–H and O–H groups in total. The molecule has 4 rings (SSSR count). The van der Waals surface area contributed by atoms with Gasteiger partial charge < -0.3 is 20.4 Å². The average Bonchev–Trinajstić information content (AvgIpc) is 2.78. The number of pyridine rings is 1. The van der Waals surface area contributed by atoms with Gasteiger partial charge in [0.1, 0.15) is 11.5 Å². The van der Waals surface area contributed by atoms with E-state index >= 15 is 0 Å². The van der Waals surface area contributed by atoms with Crippen LogP contribution in [0.25, 0.3) is 0 Å². The molecule has 1 saturated heterocycles. The number of rotatable bonds is 5. The maximum Gasteiger partial charge on any atom is 0.322 e. The van der Waals surface area contributed by atoms with E-state index in [9.17, 15) is 18.4 Å². The lowest BCUT2D eigenvalue weighted by Gasteiger charge is -2.36. The zero-order valence-corrected chi connectivity index (χ0v) is 18.1. The van der Waals surface area contributed by atoms with Gasteiger partial charge in [0.25, 0.3) is 5.91 Å². The Kier molecular flexibility index (Phi) is 6.22. The molecule has 1 aromatic heterocycles. The van der Waals surface area contributed by atoms with Crippen LogP contribution in [0.1, 0.15) is 28.5 Å². The molecule has 0 atom stereocenters. The van der Waals surface area contributed by atoms with Crippen molar-refractivity contribution in [3.05, 3.63) is 52.9 Å². The van der Waals surface area contributed by atoms with Gasteiger partial charge in [-0.25, -0.2) is 14.2 Å². The fourth-order valence-corrected chi connectivity index (χ4v) is 4.09. The van der Waals surface area contributed by atoms with Crippen LogP contribution in [-0.2, 0) is 13.1 Å². The summed E-state index contributed by atoms with van der Waals surface area (Å²) in [6.07, 6.45) is 0. The molecular weight excluding hydrogens is 418 g/mol. The van der Waals surface area contributed by atoms with E-state index in [-0.39, 0.29) is 24.1 Å². The van der Waals surface area contributed by atoms with Gasteiger partial charge in [-0.05, 0) is 36.8 Å². The number of carbonyl (C=O) groups excluding carboxylic acids is 2. The summed E-state index contributed by atoms with van der Waals surface area (Å²) in [5.74, 6) is -1.43. The maximum atomic E-state index is 14.7. The number of halogens is 2. The fraction of sp³-hybridized carbons (Fsp3) is 0.409. The Morgan fingerprint density at radius 3 is 2.59 bits per heavy atom. The quantitative estimate of drug-likeness (QED) is 0.693. The molecule has 170 valence electrons. The number of piperazine rings is 1. The first-order valence-corrected chi connectivity index (χ1v) is 10.6. The largest absolute Gasteiger partial charge is 0.365 e. The number of fused-ring (bicyclic) bond motifs is 1. The second kappa shape index (κ2) is 9.07. The summed E-state index contributed by atoms with van der Waals surface area (Å²) >= 11 is 0. The topological polar surface area (TPSA) is 80.8 Å². The number of hydrogen-bond donors (Lipinski definition) is 2. The minimum Gasteiger partial charge on any atom is -0.365 e. The Labute approximate surface area is 185 Å². The Morgan fingerprint density at radius 1 is 1.19 bits per heavy atom. The van der Waals surface area contributed by atoms with Crippen LogP contribution < -0.4 is 15.5 Å². The van der Waals surface area contributed by atoms with Gasteiger partial charge in [-0.1, -0.05) is 0 Å². The van der Waals surface area contributed by atoms with Gasteiger partial charge in [-0.3, -0.25) is 9.69 Å². The first-order valence-electron chi connectivity index (χ1n) is 10.6. The van der Waals surface area contributed by atoms with Crippen molar-refractivity contribution in [1.29, 1.82) is 0 Å². The van der Waals surface area contributed by atoms with Crippen LogP contribution in [0.4, 0.5) is 25.0 Å². The van der Waals surface area contributed by atoms with Crippen molar-refractivity contribution in [3.8, 4) is 0 Å². The number of amides is 3. The van der Waals surface area contributed by atoms with Crippen molar-refractivity contribution in [2.75, 3.05) is 50.0 Å².